The van der Waals surface area contributed by atoms with Gasteiger partial charge in [0.1, 0.15) is 11.5 Å². The van der Waals surface area contributed by atoms with Gasteiger partial charge < -0.3 is 20.1 Å². The van der Waals surface area contributed by atoms with Crippen molar-refractivity contribution in [3.63, 3.8) is 0 Å². The molecular weight excluding hydrogens is 268 g/mol. The fourth-order valence-corrected chi connectivity index (χ4v) is 2.65. The van der Waals surface area contributed by atoms with E-state index in [0.717, 1.165) is 18.8 Å². The molecule has 0 saturated heterocycles. The van der Waals surface area contributed by atoms with Crippen molar-refractivity contribution in [2.45, 2.75) is 38.6 Å². The Kier molecular flexibility index (Phi) is 5.31. The van der Waals surface area contributed by atoms with Crippen LogP contribution in [0.25, 0.3) is 0 Å². The summed E-state index contributed by atoms with van der Waals surface area (Å²) < 4.78 is 10.4. The van der Waals surface area contributed by atoms with Crippen molar-refractivity contribution >= 4 is 11.7 Å². The van der Waals surface area contributed by atoms with Crippen LogP contribution in [0.5, 0.6) is 11.5 Å². The second-order valence-corrected chi connectivity index (χ2v) is 5.62. The van der Waals surface area contributed by atoms with Crippen LogP contribution in [0.1, 0.15) is 32.6 Å². The van der Waals surface area contributed by atoms with Gasteiger partial charge in [-0.2, -0.15) is 0 Å². The van der Waals surface area contributed by atoms with E-state index in [1.165, 1.54) is 12.8 Å². The summed E-state index contributed by atoms with van der Waals surface area (Å²) in [7, 11) is 3.17. The normalized spacial score (nSPS) is 21.5. The Balaban J connectivity index is 1.93. The van der Waals surface area contributed by atoms with E-state index in [4.69, 9.17) is 9.47 Å². The van der Waals surface area contributed by atoms with Crippen molar-refractivity contribution in [3.8, 4) is 11.5 Å². The van der Waals surface area contributed by atoms with Crippen LogP contribution in [0.4, 0.5) is 10.5 Å². The molecular formula is C16H24N2O3. The van der Waals surface area contributed by atoms with Crippen molar-refractivity contribution in [3.05, 3.63) is 18.2 Å². The Hall–Kier alpha value is -1.91. The van der Waals surface area contributed by atoms with Gasteiger partial charge in [0.2, 0.25) is 0 Å². The SMILES string of the molecule is COc1ccc(NC(=O)NC2CCC(C)CC2)c(OC)c1. The molecule has 1 saturated carbocycles. The third-order valence-corrected chi connectivity index (χ3v) is 4.01. The van der Waals surface area contributed by atoms with Crippen LogP contribution in [-0.4, -0.2) is 26.3 Å². The van der Waals surface area contributed by atoms with E-state index < -0.39 is 0 Å². The third kappa shape index (κ3) is 4.28. The van der Waals surface area contributed by atoms with E-state index >= 15 is 0 Å². The number of urea groups is 1. The van der Waals surface area contributed by atoms with Crippen molar-refractivity contribution in [1.82, 2.24) is 5.32 Å². The summed E-state index contributed by atoms with van der Waals surface area (Å²) >= 11 is 0. The van der Waals surface area contributed by atoms with Crippen LogP contribution in [0.3, 0.4) is 0 Å². The van der Waals surface area contributed by atoms with Crippen molar-refractivity contribution in [1.29, 1.82) is 0 Å². The first-order valence-electron chi connectivity index (χ1n) is 7.42. The predicted octanol–water partition coefficient (Wildman–Crippen LogP) is 3.40. The van der Waals surface area contributed by atoms with E-state index in [0.29, 0.717) is 17.2 Å². The second kappa shape index (κ2) is 7.20. The zero-order chi connectivity index (χ0) is 15.2. The Morgan fingerprint density at radius 1 is 1.14 bits per heavy atom. The summed E-state index contributed by atoms with van der Waals surface area (Å²) in [5.41, 5.74) is 0.639. The number of ether oxygens (including phenoxy) is 2. The van der Waals surface area contributed by atoms with Gasteiger partial charge in [0.15, 0.2) is 0 Å². The number of amides is 2. The van der Waals surface area contributed by atoms with Crippen LogP contribution in [0.15, 0.2) is 18.2 Å². The fourth-order valence-electron chi connectivity index (χ4n) is 2.65. The molecule has 5 heteroatoms. The van der Waals surface area contributed by atoms with Crippen molar-refractivity contribution in [2.75, 3.05) is 19.5 Å². The molecule has 5 nitrogen and oxygen atoms in total. The van der Waals surface area contributed by atoms with Gasteiger partial charge in [0.25, 0.3) is 0 Å². The maximum absolute atomic E-state index is 12.1. The molecule has 21 heavy (non-hydrogen) atoms. The van der Waals surface area contributed by atoms with Crippen LogP contribution in [0, 0.1) is 5.92 Å². The van der Waals surface area contributed by atoms with Crippen LogP contribution in [0.2, 0.25) is 0 Å². The molecule has 0 heterocycles. The average Bonchev–Trinajstić information content (AvgIpc) is 2.50. The molecule has 1 aliphatic carbocycles. The molecule has 1 aliphatic rings. The number of nitrogens with one attached hydrogen (secondary N) is 2. The van der Waals surface area contributed by atoms with Crippen molar-refractivity contribution < 1.29 is 14.3 Å². The molecule has 1 aromatic rings. The van der Waals surface area contributed by atoms with Crippen LogP contribution < -0.4 is 20.1 Å². The summed E-state index contributed by atoms with van der Waals surface area (Å²) in [6.45, 7) is 2.26. The van der Waals surface area contributed by atoms with Gasteiger partial charge >= 0.3 is 6.03 Å². The summed E-state index contributed by atoms with van der Waals surface area (Å²) in [6.07, 6.45) is 4.45. The Morgan fingerprint density at radius 3 is 2.48 bits per heavy atom. The fraction of sp³-hybridized carbons (Fsp3) is 0.562. The van der Waals surface area contributed by atoms with Gasteiger partial charge in [0.05, 0.1) is 19.9 Å². The summed E-state index contributed by atoms with van der Waals surface area (Å²) in [4.78, 5) is 12.1. The lowest BCUT2D eigenvalue weighted by atomic mass is 9.87. The van der Waals surface area contributed by atoms with Gasteiger partial charge in [-0.05, 0) is 43.7 Å². The van der Waals surface area contributed by atoms with E-state index in [2.05, 4.69) is 17.6 Å². The standard InChI is InChI=1S/C16H24N2O3/c1-11-4-6-12(7-5-11)17-16(19)18-14-9-8-13(20-2)10-15(14)21-3/h8-12H,4-7H2,1-3H3,(H2,17,18,19). The lowest BCUT2D eigenvalue weighted by Crippen LogP contribution is -2.40. The average molecular weight is 292 g/mol. The zero-order valence-electron chi connectivity index (χ0n) is 12.9. The first-order chi connectivity index (χ1) is 10.1. The molecule has 0 spiro atoms. The molecule has 1 aromatic carbocycles. The molecule has 2 rings (SSSR count). The topological polar surface area (TPSA) is 59.6 Å². The third-order valence-electron chi connectivity index (χ3n) is 4.01. The van der Waals surface area contributed by atoms with Crippen molar-refractivity contribution in [2.24, 2.45) is 5.92 Å². The van der Waals surface area contributed by atoms with Gasteiger partial charge in [-0.1, -0.05) is 6.92 Å². The molecule has 0 radical (unpaired) electrons. The van der Waals surface area contributed by atoms with E-state index in [9.17, 15) is 4.79 Å². The highest BCUT2D eigenvalue weighted by molar-refractivity contribution is 5.91. The van der Waals surface area contributed by atoms with E-state index in [1.54, 1.807) is 32.4 Å². The number of carbonyl (C=O) groups excluding carboxylic acids is 1. The summed E-state index contributed by atoms with van der Waals surface area (Å²) in [5.74, 6) is 2.05. The second-order valence-electron chi connectivity index (χ2n) is 5.62. The highest BCUT2D eigenvalue weighted by Gasteiger charge is 2.20. The van der Waals surface area contributed by atoms with Gasteiger partial charge in [-0.25, -0.2) is 4.79 Å². The smallest absolute Gasteiger partial charge is 0.319 e. The maximum Gasteiger partial charge on any atom is 0.319 e. The molecule has 0 unspecified atom stereocenters. The minimum Gasteiger partial charge on any atom is -0.497 e. The van der Waals surface area contributed by atoms with Crippen LogP contribution >= 0.6 is 0 Å². The molecule has 0 aliphatic heterocycles. The van der Waals surface area contributed by atoms with E-state index in [1.807, 2.05) is 0 Å². The van der Waals surface area contributed by atoms with Gasteiger partial charge in [-0.3, -0.25) is 0 Å². The highest BCUT2D eigenvalue weighted by Crippen LogP contribution is 2.29. The number of hydrogen-bond donors (Lipinski definition) is 2. The Labute approximate surface area is 126 Å². The Morgan fingerprint density at radius 2 is 1.86 bits per heavy atom. The maximum atomic E-state index is 12.1. The zero-order valence-corrected chi connectivity index (χ0v) is 12.9. The molecule has 2 amide bonds. The number of rotatable bonds is 4. The van der Waals surface area contributed by atoms with Gasteiger partial charge in [-0.15, -0.1) is 0 Å². The summed E-state index contributed by atoms with van der Waals surface area (Å²) in [5, 5.41) is 5.87. The first-order valence-corrected chi connectivity index (χ1v) is 7.42. The summed E-state index contributed by atoms with van der Waals surface area (Å²) in [6, 6.07) is 5.40. The lowest BCUT2D eigenvalue weighted by molar-refractivity contribution is 0.239. The first kappa shape index (κ1) is 15.5. The Bertz CT molecular complexity index is 482. The molecule has 2 N–H and O–H groups in total. The van der Waals surface area contributed by atoms with Crippen LogP contribution in [-0.2, 0) is 0 Å². The number of benzene rings is 1. The van der Waals surface area contributed by atoms with Gasteiger partial charge in [0, 0.05) is 12.1 Å². The number of carbonyl (C=O) groups is 1. The van der Waals surface area contributed by atoms with E-state index in [-0.39, 0.29) is 12.1 Å². The minimum atomic E-state index is -0.182. The number of anilines is 1. The quantitative estimate of drug-likeness (QED) is 0.894. The molecule has 1 fully saturated rings. The molecule has 0 bridgehead atoms. The number of methoxy groups -OCH3 is 2. The lowest BCUT2D eigenvalue weighted by Gasteiger charge is -2.27. The monoisotopic (exact) mass is 292 g/mol. The largest absolute Gasteiger partial charge is 0.497 e. The molecule has 0 atom stereocenters. The highest BCUT2D eigenvalue weighted by atomic mass is 16.5. The minimum absolute atomic E-state index is 0.182. The molecule has 0 aromatic heterocycles. The number of hydrogen-bond acceptors (Lipinski definition) is 3. The predicted molar refractivity (Wildman–Crippen MR) is 83.1 cm³/mol. The molecule has 116 valence electrons.